The van der Waals surface area contributed by atoms with Crippen molar-refractivity contribution in [3.8, 4) is 0 Å². The van der Waals surface area contributed by atoms with Crippen LogP contribution < -0.4 is 10.2 Å². The normalized spacial score (nSPS) is 15.7. The fourth-order valence-corrected chi connectivity index (χ4v) is 1.50. The molecule has 1 heterocycles. The van der Waals surface area contributed by atoms with E-state index in [9.17, 15) is 14.0 Å². The SMILES string of the molecule is O=C1CN(c2ccc(Cl)cc2F)C(=O)N1. The van der Waals surface area contributed by atoms with E-state index < -0.39 is 17.8 Å². The van der Waals surface area contributed by atoms with E-state index in [1.165, 1.54) is 12.1 Å². The average Bonchev–Trinajstić information content (AvgIpc) is 2.45. The highest BCUT2D eigenvalue weighted by atomic mass is 35.5. The van der Waals surface area contributed by atoms with Crippen LogP contribution in [0.4, 0.5) is 14.9 Å². The molecule has 78 valence electrons. The van der Waals surface area contributed by atoms with E-state index in [1.54, 1.807) is 0 Å². The summed E-state index contributed by atoms with van der Waals surface area (Å²) in [5.74, 6) is -1.08. The van der Waals surface area contributed by atoms with Gasteiger partial charge in [-0.25, -0.2) is 9.18 Å². The van der Waals surface area contributed by atoms with Gasteiger partial charge in [0.2, 0.25) is 5.91 Å². The first-order chi connectivity index (χ1) is 7.08. The fraction of sp³-hybridized carbons (Fsp3) is 0.111. The Morgan fingerprint density at radius 2 is 2.13 bits per heavy atom. The first-order valence-electron chi connectivity index (χ1n) is 4.14. The highest BCUT2D eigenvalue weighted by Gasteiger charge is 2.29. The zero-order valence-electron chi connectivity index (χ0n) is 7.46. The Labute approximate surface area is 89.6 Å². The summed E-state index contributed by atoms with van der Waals surface area (Å²) in [6.07, 6.45) is 0. The molecule has 1 aliphatic rings. The van der Waals surface area contributed by atoms with Gasteiger partial charge in [0.05, 0.1) is 5.69 Å². The second-order valence-electron chi connectivity index (χ2n) is 3.04. The van der Waals surface area contributed by atoms with E-state index >= 15 is 0 Å². The van der Waals surface area contributed by atoms with Crippen molar-refractivity contribution >= 4 is 29.2 Å². The minimum atomic E-state index is -0.632. The molecule has 2 rings (SSSR count). The number of halogens is 2. The van der Waals surface area contributed by atoms with E-state index in [4.69, 9.17) is 11.6 Å². The number of anilines is 1. The third kappa shape index (κ3) is 1.78. The number of nitrogens with one attached hydrogen (secondary N) is 1. The molecule has 0 aromatic heterocycles. The molecular formula is C9H6ClFN2O2. The van der Waals surface area contributed by atoms with Crippen molar-refractivity contribution in [2.75, 3.05) is 11.4 Å². The summed E-state index contributed by atoms with van der Waals surface area (Å²) in [6, 6.07) is 3.28. The van der Waals surface area contributed by atoms with Crippen LogP contribution in [-0.2, 0) is 4.79 Å². The van der Waals surface area contributed by atoms with Gasteiger partial charge >= 0.3 is 6.03 Å². The van der Waals surface area contributed by atoms with Crippen molar-refractivity contribution in [2.24, 2.45) is 0 Å². The van der Waals surface area contributed by atoms with Gasteiger partial charge in [-0.15, -0.1) is 0 Å². The first-order valence-corrected chi connectivity index (χ1v) is 4.52. The molecule has 0 saturated carbocycles. The number of carbonyl (C=O) groups is 2. The molecule has 6 heteroatoms. The predicted molar refractivity (Wildman–Crippen MR) is 52.3 cm³/mol. The Hall–Kier alpha value is -1.62. The number of urea groups is 1. The summed E-state index contributed by atoms with van der Waals surface area (Å²) >= 11 is 5.56. The van der Waals surface area contributed by atoms with Crippen molar-refractivity contribution < 1.29 is 14.0 Å². The van der Waals surface area contributed by atoms with Gasteiger partial charge in [-0.3, -0.25) is 15.0 Å². The molecule has 3 amide bonds. The molecule has 4 nitrogen and oxygen atoms in total. The Kier molecular flexibility index (Phi) is 2.32. The van der Waals surface area contributed by atoms with Crippen molar-refractivity contribution in [1.29, 1.82) is 0 Å². The van der Waals surface area contributed by atoms with E-state index in [0.29, 0.717) is 0 Å². The van der Waals surface area contributed by atoms with Gasteiger partial charge in [0, 0.05) is 5.02 Å². The van der Waals surface area contributed by atoms with Crippen LogP contribution in [0.25, 0.3) is 0 Å². The molecule has 1 aromatic rings. The van der Waals surface area contributed by atoms with E-state index in [2.05, 4.69) is 5.32 Å². The second-order valence-corrected chi connectivity index (χ2v) is 3.47. The molecule has 0 aliphatic carbocycles. The van der Waals surface area contributed by atoms with Crippen LogP contribution >= 0.6 is 11.6 Å². The summed E-state index contributed by atoms with van der Waals surface area (Å²) in [5, 5.41) is 2.29. The van der Waals surface area contributed by atoms with Gasteiger partial charge in [0.15, 0.2) is 0 Å². The van der Waals surface area contributed by atoms with Gasteiger partial charge in [-0.2, -0.15) is 0 Å². The van der Waals surface area contributed by atoms with Crippen LogP contribution in [0.2, 0.25) is 5.02 Å². The summed E-state index contributed by atoms with van der Waals surface area (Å²) in [6.45, 7) is -0.169. The number of nitrogens with zero attached hydrogens (tertiary/aromatic N) is 1. The largest absolute Gasteiger partial charge is 0.329 e. The molecule has 1 aromatic carbocycles. The molecule has 15 heavy (non-hydrogen) atoms. The van der Waals surface area contributed by atoms with Gasteiger partial charge in [-0.1, -0.05) is 11.6 Å². The number of rotatable bonds is 1. The maximum Gasteiger partial charge on any atom is 0.329 e. The summed E-state index contributed by atoms with van der Waals surface area (Å²) in [7, 11) is 0. The van der Waals surface area contributed by atoms with Crippen LogP contribution in [0.1, 0.15) is 0 Å². The zero-order valence-corrected chi connectivity index (χ0v) is 8.21. The van der Waals surface area contributed by atoms with Crippen molar-refractivity contribution in [2.45, 2.75) is 0 Å². The number of benzene rings is 1. The maximum atomic E-state index is 13.4. The van der Waals surface area contributed by atoms with E-state index in [0.717, 1.165) is 11.0 Å². The van der Waals surface area contributed by atoms with Gasteiger partial charge < -0.3 is 0 Å². The Bertz CT molecular complexity index is 450. The number of imide groups is 1. The highest BCUT2D eigenvalue weighted by Crippen LogP contribution is 2.23. The van der Waals surface area contributed by atoms with Crippen LogP contribution in [0.15, 0.2) is 18.2 Å². The van der Waals surface area contributed by atoms with Gasteiger partial charge in [0.1, 0.15) is 12.4 Å². The molecule has 0 unspecified atom stereocenters. The van der Waals surface area contributed by atoms with Crippen molar-refractivity contribution in [3.63, 3.8) is 0 Å². The third-order valence-corrected chi connectivity index (χ3v) is 2.23. The molecule has 1 aliphatic heterocycles. The van der Waals surface area contributed by atoms with Gasteiger partial charge in [0.25, 0.3) is 0 Å². The lowest BCUT2D eigenvalue weighted by Gasteiger charge is -2.13. The summed E-state index contributed by atoms with van der Waals surface area (Å²) in [4.78, 5) is 23.1. The minimum absolute atomic E-state index is 0.0442. The van der Waals surface area contributed by atoms with E-state index in [-0.39, 0.29) is 17.3 Å². The average molecular weight is 229 g/mol. The van der Waals surface area contributed by atoms with E-state index in [1.807, 2.05) is 0 Å². The predicted octanol–water partition coefficient (Wildman–Crippen LogP) is 1.54. The molecular weight excluding hydrogens is 223 g/mol. The lowest BCUT2D eigenvalue weighted by Crippen LogP contribution is -2.28. The zero-order chi connectivity index (χ0) is 11.0. The quantitative estimate of drug-likeness (QED) is 0.742. The standard InChI is InChI=1S/C9H6ClFN2O2/c10-5-1-2-7(6(11)3-5)13-4-8(14)12-9(13)15/h1-3H,4H2,(H,12,14,15). The summed E-state index contributed by atoms with van der Waals surface area (Å²) < 4.78 is 13.4. The van der Waals surface area contributed by atoms with Crippen LogP contribution in [0.5, 0.6) is 0 Å². The highest BCUT2D eigenvalue weighted by molar-refractivity contribution is 6.30. The number of hydrogen-bond acceptors (Lipinski definition) is 2. The Morgan fingerprint density at radius 1 is 1.40 bits per heavy atom. The second kappa shape index (κ2) is 3.51. The number of carbonyl (C=O) groups excluding carboxylic acids is 2. The third-order valence-electron chi connectivity index (χ3n) is 1.99. The van der Waals surface area contributed by atoms with Crippen LogP contribution in [0, 0.1) is 5.82 Å². The molecule has 0 atom stereocenters. The lowest BCUT2D eigenvalue weighted by atomic mass is 10.3. The van der Waals surface area contributed by atoms with Crippen molar-refractivity contribution in [3.05, 3.63) is 29.0 Å². The molecule has 1 saturated heterocycles. The van der Waals surface area contributed by atoms with Gasteiger partial charge in [-0.05, 0) is 18.2 Å². The first kappa shape index (κ1) is 9.92. The maximum absolute atomic E-state index is 13.4. The lowest BCUT2D eigenvalue weighted by molar-refractivity contribution is -0.117. The molecule has 1 N–H and O–H groups in total. The number of hydrogen-bond donors (Lipinski definition) is 1. The van der Waals surface area contributed by atoms with Crippen LogP contribution in [0.3, 0.4) is 0 Å². The molecule has 0 spiro atoms. The Morgan fingerprint density at radius 3 is 2.67 bits per heavy atom. The van der Waals surface area contributed by atoms with Crippen molar-refractivity contribution in [1.82, 2.24) is 5.32 Å². The minimum Gasteiger partial charge on any atom is -0.282 e. The molecule has 0 bridgehead atoms. The topological polar surface area (TPSA) is 49.4 Å². The molecule has 1 fully saturated rings. The smallest absolute Gasteiger partial charge is 0.282 e. The summed E-state index contributed by atoms with van der Waals surface area (Å²) in [5.41, 5.74) is 0.0442. The van der Waals surface area contributed by atoms with Crippen LogP contribution in [-0.4, -0.2) is 18.5 Å². The fourth-order valence-electron chi connectivity index (χ4n) is 1.34. The monoisotopic (exact) mass is 228 g/mol. The Balaban J connectivity index is 2.38. The number of amides is 3. The molecule has 0 radical (unpaired) electrons.